The summed E-state index contributed by atoms with van der Waals surface area (Å²) < 4.78 is 62.3. The minimum absolute atomic E-state index is 0.0218. The van der Waals surface area contributed by atoms with Gasteiger partial charge < -0.3 is 9.15 Å². The number of hydrogen-bond acceptors (Lipinski definition) is 7. The summed E-state index contributed by atoms with van der Waals surface area (Å²) in [6.45, 7) is 4.90. The van der Waals surface area contributed by atoms with Gasteiger partial charge in [-0.05, 0) is 57.2 Å². The molecule has 0 aliphatic carbocycles. The molecule has 0 fully saturated rings. The lowest BCUT2D eigenvalue weighted by atomic mass is 10.1. The van der Waals surface area contributed by atoms with Crippen molar-refractivity contribution in [2.75, 3.05) is 14.1 Å². The second-order valence-corrected chi connectivity index (χ2v) is 11.2. The van der Waals surface area contributed by atoms with Crippen LogP contribution in [0.25, 0.3) is 0 Å². The molecule has 0 saturated carbocycles. The summed E-state index contributed by atoms with van der Waals surface area (Å²) >= 11 is 0. The SMILES string of the molecule is CN(C)S(=O)(=O)c1ccc(COC(=O)c2ccc(S(=O)(=O)NC(C)(C)C)cc2)o1. The zero-order chi connectivity index (χ0) is 22.0. The summed E-state index contributed by atoms with van der Waals surface area (Å²) in [5.41, 5.74) is -0.495. The normalized spacial score (nSPS) is 12.9. The van der Waals surface area contributed by atoms with Crippen molar-refractivity contribution in [2.24, 2.45) is 0 Å². The summed E-state index contributed by atoms with van der Waals surface area (Å²) in [7, 11) is -4.68. The summed E-state index contributed by atoms with van der Waals surface area (Å²) in [4.78, 5) is 12.2. The number of furan rings is 1. The number of esters is 1. The van der Waals surface area contributed by atoms with E-state index >= 15 is 0 Å². The van der Waals surface area contributed by atoms with Crippen molar-refractivity contribution in [3.63, 3.8) is 0 Å². The fourth-order valence-electron chi connectivity index (χ4n) is 2.21. The molecule has 0 saturated heterocycles. The highest BCUT2D eigenvalue weighted by atomic mass is 32.2. The van der Waals surface area contributed by atoms with Gasteiger partial charge in [-0.3, -0.25) is 0 Å². The Morgan fingerprint density at radius 3 is 2.14 bits per heavy atom. The van der Waals surface area contributed by atoms with Gasteiger partial charge in [-0.15, -0.1) is 0 Å². The maximum Gasteiger partial charge on any atom is 0.338 e. The van der Waals surface area contributed by atoms with E-state index in [9.17, 15) is 21.6 Å². The zero-order valence-electron chi connectivity index (χ0n) is 16.8. The van der Waals surface area contributed by atoms with E-state index in [4.69, 9.17) is 9.15 Å². The summed E-state index contributed by atoms with van der Waals surface area (Å²) in [5, 5.41) is -0.255. The Hall–Kier alpha value is -2.21. The molecule has 2 aromatic rings. The van der Waals surface area contributed by atoms with Crippen LogP contribution in [0.2, 0.25) is 0 Å². The topological polar surface area (TPSA) is 123 Å². The number of carbonyl (C=O) groups excluding carboxylic acids is 1. The van der Waals surface area contributed by atoms with Crippen LogP contribution in [-0.4, -0.2) is 46.7 Å². The third-order valence-corrected chi connectivity index (χ3v) is 7.02. The number of sulfonamides is 2. The van der Waals surface area contributed by atoms with Gasteiger partial charge in [0.2, 0.25) is 15.1 Å². The van der Waals surface area contributed by atoms with Crippen LogP contribution in [0, 0.1) is 0 Å². The largest absolute Gasteiger partial charge is 0.454 e. The molecular weight excluding hydrogens is 420 g/mol. The molecule has 0 amide bonds. The zero-order valence-corrected chi connectivity index (χ0v) is 18.4. The Morgan fingerprint density at radius 1 is 1.03 bits per heavy atom. The lowest BCUT2D eigenvalue weighted by Crippen LogP contribution is -2.40. The first-order chi connectivity index (χ1) is 13.2. The Kier molecular flexibility index (Phi) is 6.58. The minimum atomic E-state index is -3.72. The van der Waals surface area contributed by atoms with Crippen LogP contribution in [-0.2, 0) is 31.4 Å². The van der Waals surface area contributed by atoms with Crippen molar-refractivity contribution >= 4 is 26.0 Å². The maximum atomic E-state index is 12.3. The van der Waals surface area contributed by atoms with E-state index in [1.54, 1.807) is 20.8 Å². The van der Waals surface area contributed by atoms with Crippen molar-refractivity contribution in [3.05, 3.63) is 47.7 Å². The molecule has 0 unspecified atom stereocenters. The Morgan fingerprint density at radius 2 is 1.62 bits per heavy atom. The van der Waals surface area contributed by atoms with Crippen molar-refractivity contribution < 1.29 is 30.8 Å². The van der Waals surface area contributed by atoms with Gasteiger partial charge in [0.15, 0.2) is 0 Å². The summed E-state index contributed by atoms with van der Waals surface area (Å²) in [5.74, 6) is -0.543. The van der Waals surface area contributed by atoms with Crippen molar-refractivity contribution in [1.82, 2.24) is 9.03 Å². The standard InChI is InChI=1S/C18H24N2O7S2/c1-18(2,3)19-28(22,23)15-9-6-13(7-10-15)17(21)26-12-14-8-11-16(27-14)29(24,25)20(4)5/h6-11,19H,12H2,1-5H3. The van der Waals surface area contributed by atoms with Gasteiger partial charge in [-0.25, -0.2) is 30.7 Å². The molecule has 1 N–H and O–H groups in total. The average Bonchev–Trinajstić information content (AvgIpc) is 3.07. The van der Waals surface area contributed by atoms with Crippen molar-refractivity contribution in [3.8, 4) is 0 Å². The third kappa shape index (κ3) is 5.89. The van der Waals surface area contributed by atoms with E-state index in [-0.39, 0.29) is 27.9 Å². The fourth-order valence-corrected chi connectivity index (χ4v) is 4.44. The highest BCUT2D eigenvalue weighted by molar-refractivity contribution is 7.89. The number of ether oxygens (including phenoxy) is 1. The monoisotopic (exact) mass is 444 g/mol. The molecular formula is C18H24N2O7S2. The number of nitrogens with zero attached hydrogens (tertiary/aromatic N) is 1. The Labute approximate surface area is 170 Å². The van der Waals surface area contributed by atoms with Crippen LogP contribution in [0.4, 0.5) is 0 Å². The first-order valence-corrected chi connectivity index (χ1v) is 11.5. The van der Waals surface area contributed by atoms with Crippen LogP contribution in [0.5, 0.6) is 0 Å². The lowest BCUT2D eigenvalue weighted by Gasteiger charge is -2.20. The molecule has 2 rings (SSSR count). The first kappa shape index (κ1) is 23.1. The molecule has 0 spiro atoms. The van der Waals surface area contributed by atoms with Crippen molar-refractivity contribution in [2.45, 2.75) is 42.9 Å². The average molecular weight is 445 g/mol. The second-order valence-electron chi connectivity index (χ2n) is 7.46. The smallest absolute Gasteiger partial charge is 0.338 e. The molecule has 0 bridgehead atoms. The first-order valence-electron chi connectivity index (χ1n) is 8.55. The molecule has 0 aliphatic heterocycles. The molecule has 0 radical (unpaired) electrons. The van der Waals surface area contributed by atoms with Crippen LogP contribution < -0.4 is 4.72 Å². The minimum Gasteiger partial charge on any atom is -0.454 e. The predicted octanol–water partition coefficient (Wildman–Crippen LogP) is 1.96. The molecule has 160 valence electrons. The molecule has 29 heavy (non-hydrogen) atoms. The maximum absolute atomic E-state index is 12.3. The van der Waals surface area contributed by atoms with Gasteiger partial charge in [0.05, 0.1) is 10.5 Å². The van der Waals surface area contributed by atoms with Gasteiger partial charge in [0.25, 0.3) is 10.0 Å². The molecule has 1 heterocycles. The second kappa shape index (κ2) is 8.27. The number of rotatable bonds is 7. The summed E-state index contributed by atoms with van der Waals surface area (Å²) in [6, 6.07) is 7.96. The van der Waals surface area contributed by atoms with Gasteiger partial charge in [-0.2, -0.15) is 0 Å². The molecule has 1 aromatic carbocycles. The van der Waals surface area contributed by atoms with Gasteiger partial charge >= 0.3 is 5.97 Å². The number of hydrogen-bond donors (Lipinski definition) is 1. The van der Waals surface area contributed by atoms with E-state index in [2.05, 4.69) is 4.72 Å². The van der Waals surface area contributed by atoms with E-state index < -0.39 is 31.6 Å². The van der Waals surface area contributed by atoms with Crippen LogP contribution in [0.3, 0.4) is 0 Å². The highest BCUT2D eigenvalue weighted by Crippen LogP contribution is 2.18. The number of benzene rings is 1. The predicted molar refractivity (Wildman–Crippen MR) is 105 cm³/mol. The van der Waals surface area contributed by atoms with E-state index in [0.717, 1.165) is 4.31 Å². The van der Waals surface area contributed by atoms with Crippen LogP contribution in [0.1, 0.15) is 36.9 Å². The highest BCUT2D eigenvalue weighted by Gasteiger charge is 2.23. The van der Waals surface area contributed by atoms with Gasteiger partial charge in [-0.1, -0.05) is 0 Å². The van der Waals surface area contributed by atoms with Gasteiger partial charge in [0.1, 0.15) is 12.4 Å². The van der Waals surface area contributed by atoms with Crippen molar-refractivity contribution in [1.29, 1.82) is 0 Å². The molecule has 11 heteroatoms. The Bertz CT molecular complexity index is 1080. The molecule has 9 nitrogen and oxygen atoms in total. The van der Waals surface area contributed by atoms with E-state index in [0.29, 0.717) is 0 Å². The molecule has 0 atom stereocenters. The number of carbonyl (C=O) groups is 1. The van der Waals surface area contributed by atoms with Crippen LogP contribution in [0.15, 0.2) is 50.8 Å². The fraction of sp³-hybridized carbons (Fsp3) is 0.389. The Balaban J connectivity index is 2.05. The lowest BCUT2D eigenvalue weighted by molar-refractivity contribution is 0.0440. The molecule has 1 aromatic heterocycles. The van der Waals surface area contributed by atoms with Crippen LogP contribution >= 0.6 is 0 Å². The molecule has 0 aliphatic rings. The van der Waals surface area contributed by atoms with Gasteiger partial charge in [0, 0.05) is 19.6 Å². The van der Waals surface area contributed by atoms with E-state index in [1.807, 2.05) is 0 Å². The quantitative estimate of drug-likeness (QED) is 0.648. The van der Waals surface area contributed by atoms with E-state index in [1.165, 1.54) is 50.5 Å². The number of nitrogens with one attached hydrogen (secondary N) is 1. The summed E-state index contributed by atoms with van der Waals surface area (Å²) in [6.07, 6.45) is 0. The third-order valence-electron chi connectivity index (χ3n) is 3.56.